The topological polar surface area (TPSA) is 449 Å². The molecule has 0 atom stereocenters. The number of benzene rings is 8. The van der Waals surface area contributed by atoms with E-state index in [1.54, 1.807) is 48.5 Å². The third kappa shape index (κ3) is 15.2. The van der Waals surface area contributed by atoms with Crippen LogP contribution in [0.1, 0.15) is 11.1 Å². The van der Waals surface area contributed by atoms with Crippen LogP contribution >= 0.6 is 24.1 Å². The number of anilines is 2. The summed E-state index contributed by atoms with van der Waals surface area (Å²) in [7, 11) is -16.7. The Hall–Kier alpha value is -7.98. The number of sulfone groups is 2. The summed E-state index contributed by atoms with van der Waals surface area (Å²) in [5.74, 6) is -2.19. The Bertz CT molecular complexity index is 4200. The minimum absolute atomic E-state index is 0.000757. The number of aromatic hydroxyl groups is 2. The van der Waals surface area contributed by atoms with Crippen LogP contribution in [0, 0.1) is 13.8 Å². The Morgan fingerprint density at radius 3 is 1.07 bits per heavy atom. The van der Waals surface area contributed by atoms with E-state index in [0.717, 1.165) is 23.3 Å². The number of hydrogen-bond donors (Lipinski definition) is 8. The summed E-state index contributed by atoms with van der Waals surface area (Å²) >= 11 is 0.747. The van der Waals surface area contributed by atoms with Gasteiger partial charge < -0.3 is 26.6 Å². The van der Waals surface area contributed by atoms with E-state index in [0.29, 0.717) is 35.5 Å². The summed E-state index contributed by atoms with van der Waals surface area (Å²) in [5.41, 5.74) is 12.8. The Morgan fingerprint density at radius 2 is 0.767 bits per heavy atom. The van der Waals surface area contributed by atoms with Crippen molar-refractivity contribution in [1.82, 2.24) is 4.90 Å². The highest BCUT2D eigenvalue weighted by molar-refractivity contribution is 7.95. The number of nitrogens with zero attached hydrogens (tertiary/aromatic N) is 9. The molecule has 0 radical (unpaired) electrons. The van der Waals surface area contributed by atoms with Crippen molar-refractivity contribution in [3.8, 4) is 11.5 Å². The Labute approximate surface area is 497 Å². The van der Waals surface area contributed by atoms with Gasteiger partial charge in [-0.2, -0.15) is 37.3 Å². The van der Waals surface area contributed by atoms with E-state index in [2.05, 4.69) is 59.7 Å². The molecule has 0 unspecified atom stereocenters. The van der Waals surface area contributed by atoms with Crippen LogP contribution in [0.2, 0.25) is 0 Å². The van der Waals surface area contributed by atoms with E-state index in [-0.39, 0.29) is 77.0 Å². The number of aryl methyl sites for hydroxylation is 2. The van der Waals surface area contributed by atoms with E-state index in [4.69, 9.17) is 22.0 Å². The lowest BCUT2D eigenvalue weighted by Gasteiger charge is -2.16. The molecule has 0 aromatic heterocycles. The molecule has 0 saturated heterocycles. The summed E-state index contributed by atoms with van der Waals surface area (Å²) in [4.78, 5) is -0.559. The number of phenols is 2. The molecule has 0 aliphatic rings. The SMILES string of the molecule is Cc1ccc(N=Nc2c(SOOO)cc3cc(S(=O)(=O)O)c(N=Nc4ccc(S(=O)(=O)CCN(C)CCS(=O)(=O)c5ccc(N=Nc6c(S(=O)(=O)O)cc7cc(SOOO)c(N=Nc8ccc(C)cc8)c(O)c7c6N)cc5)cc4)c(N)c3c2O)cc1. The number of hydrogen-bond acceptors (Lipinski definition) is 29. The lowest BCUT2D eigenvalue weighted by molar-refractivity contribution is -0.432. The lowest BCUT2D eigenvalue weighted by atomic mass is 10.1. The smallest absolute Gasteiger partial charge is 0.296 e. The minimum Gasteiger partial charge on any atom is -0.505 e. The number of nitrogen functional groups attached to an aromatic ring is 2. The first-order chi connectivity index (χ1) is 40.7. The molecule has 0 fully saturated rings. The van der Waals surface area contributed by atoms with Crippen LogP contribution in [0.25, 0.3) is 21.5 Å². The fourth-order valence-electron chi connectivity index (χ4n) is 8.04. The first-order valence-electron chi connectivity index (χ1n) is 24.3. The summed E-state index contributed by atoms with van der Waals surface area (Å²) < 4.78 is 134. The molecule has 0 saturated carbocycles. The van der Waals surface area contributed by atoms with Crippen molar-refractivity contribution in [2.24, 2.45) is 40.9 Å². The van der Waals surface area contributed by atoms with Crippen molar-refractivity contribution in [3.05, 3.63) is 132 Å². The third-order valence-electron chi connectivity index (χ3n) is 12.5. The van der Waals surface area contributed by atoms with Gasteiger partial charge in [0.25, 0.3) is 20.2 Å². The molecule has 0 heterocycles. The highest BCUT2D eigenvalue weighted by Gasteiger charge is 2.28. The van der Waals surface area contributed by atoms with E-state index >= 15 is 0 Å². The fraction of sp³-hybridized carbons (Fsp3) is 0.137. The van der Waals surface area contributed by atoms with E-state index in [1.807, 2.05) is 13.8 Å². The molecule has 0 aliphatic carbocycles. The predicted octanol–water partition coefficient (Wildman–Crippen LogP) is 12.4. The Morgan fingerprint density at radius 1 is 0.465 bits per heavy atom. The van der Waals surface area contributed by atoms with E-state index in [9.17, 15) is 53.0 Å². The number of phenolic OH excluding ortho intramolecular Hbond substituents is 2. The molecule has 8 rings (SSSR count). The zero-order chi connectivity index (χ0) is 62.3. The number of azo groups is 4. The highest BCUT2D eigenvalue weighted by Crippen LogP contribution is 2.51. The molecule has 0 bridgehead atoms. The molecule has 450 valence electrons. The second-order valence-corrected chi connectivity index (χ2v) is 26.9. The van der Waals surface area contributed by atoms with Crippen molar-refractivity contribution in [2.45, 2.75) is 43.2 Å². The fourth-order valence-corrected chi connectivity index (χ4v) is 13.0. The average molecular weight is 1290 g/mol. The first kappa shape index (κ1) is 64.0. The van der Waals surface area contributed by atoms with Crippen LogP contribution in [0.4, 0.5) is 56.9 Å². The number of fused-ring (bicyclic) bond motifs is 2. The zero-order valence-electron chi connectivity index (χ0n) is 44.6. The van der Waals surface area contributed by atoms with Crippen molar-refractivity contribution in [1.29, 1.82) is 0 Å². The van der Waals surface area contributed by atoms with Crippen molar-refractivity contribution in [2.75, 3.05) is 43.1 Å². The summed E-state index contributed by atoms with van der Waals surface area (Å²) in [6.45, 7) is 3.49. The van der Waals surface area contributed by atoms with Gasteiger partial charge >= 0.3 is 0 Å². The molecule has 10 N–H and O–H groups in total. The molecular formula is C51H47N11O18S6. The number of rotatable bonds is 24. The molecule has 29 nitrogen and oxygen atoms in total. The Kier molecular flexibility index (Phi) is 19.9. The van der Waals surface area contributed by atoms with Crippen molar-refractivity contribution < 1.29 is 82.2 Å². The monoisotopic (exact) mass is 1290 g/mol. The minimum atomic E-state index is -5.08. The van der Waals surface area contributed by atoms with Gasteiger partial charge in [-0.3, -0.25) is 9.11 Å². The van der Waals surface area contributed by atoms with Gasteiger partial charge in [-0.1, -0.05) is 45.5 Å². The van der Waals surface area contributed by atoms with Gasteiger partial charge in [-0.15, -0.1) is 29.1 Å². The molecule has 35 heteroatoms. The van der Waals surface area contributed by atoms with Crippen LogP contribution in [0.5, 0.6) is 11.5 Å². The molecule has 0 aliphatic heterocycles. The van der Waals surface area contributed by atoms with Gasteiger partial charge in [0.05, 0.1) is 100 Å². The molecule has 8 aromatic carbocycles. The maximum absolute atomic E-state index is 13.4. The van der Waals surface area contributed by atoms with Gasteiger partial charge in [0.15, 0.2) is 31.2 Å². The van der Waals surface area contributed by atoms with Crippen LogP contribution in [0.3, 0.4) is 0 Å². The van der Waals surface area contributed by atoms with Gasteiger partial charge in [-0.05, 0) is 129 Å². The van der Waals surface area contributed by atoms with Crippen LogP contribution in [-0.4, -0.2) is 100 Å². The van der Waals surface area contributed by atoms with E-state index in [1.165, 1.54) is 72.6 Å². The normalized spacial score (nSPS) is 12.8. The van der Waals surface area contributed by atoms with Crippen molar-refractivity contribution >= 4 is 142 Å². The van der Waals surface area contributed by atoms with Crippen LogP contribution in [-0.2, 0) is 58.7 Å². The molecule has 0 amide bonds. The third-order valence-corrected chi connectivity index (χ3v) is 18.9. The molecular weight excluding hydrogens is 1250 g/mol. The van der Waals surface area contributed by atoms with Gasteiger partial charge in [-0.25, -0.2) is 27.4 Å². The van der Waals surface area contributed by atoms with Crippen LogP contribution in [0.15, 0.2) is 192 Å². The van der Waals surface area contributed by atoms with E-state index < -0.39 is 95.5 Å². The maximum atomic E-state index is 13.4. The quantitative estimate of drug-likeness (QED) is 0.00695. The van der Waals surface area contributed by atoms with Crippen molar-refractivity contribution in [3.63, 3.8) is 0 Å². The standard InChI is InChI=1S/C51H47N11O18S6/c1-28-4-8-32(9-5-28)54-58-46-38(81-79-77-65)24-30-26-40(85(71,72)73)48(44(52)42(30)50(46)63)60-56-34-12-16-36(17-13-34)83(67,68)22-20-62(3)21-23-84(69,70)37-18-14-35(15-19-37)57-61-49-41(86(74,75)76)27-31-25-39(82-80-78-66)47(51(64)43(31)45(49)53)59-55-33-10-6-29(2)7-11-33/h4-19,24-27,63-66H,20-23,52-53H2,1-3H3,(H,71,72,73)(H,74,75,76). The number of nitrogens with two attached hydrogens (primary N) is 2. The van der Waals surface area contributed by atoms with Gasteiger partial charge in [0, 0.05) is 13.1 Å². The van der Waals surface area contributed by atoms with Gasteiger partial charge in [0.2, 0.25) is 0 Å². The highest BCUT2D eigenvalue weighted by atomic mass is 32.2. The summed E-state index contributed by atoms with van der Waals surface area (Å²) in [6, 6.07) is 27.9. The zero-order valence-corrected chi connectivity index (χ0v) is 49.5. The second kappa shape index (κ2) is 26.7. The predicted molar refractivity (Wildman–Crippen MR) is 315 cm³/mol. The maximum Gasteiger partial charge on any atom is 0.296 e. The second-order valence-electron chi connectivity index (χ2n) is 18.4. The largest absolute Gasteiger partial charge is 0.505 e. The Balaban J connectivity index is 0.936. The lowest BCUT2D eigenvalue weighted by Crippen LogP contribution is -2.30. The summed E-state index contributed by atoms with van der Waals surface area (Å²) in [5, 5.41) is 79.9. The van der Waals surface area contributed by atoms with Crippen LogP contribution < -0.4 is 11.5 Å². The summed E-state index contributed by atoms with van der Waals surface area (Å²) in [6.07, 6.45) is 0. The molecule has 86 heavy (non-hydrogen) atoms. The molecule has 8 aromatic rings. The molecule has 0 spiro atoms. The average Bonchev–Trinajstić information content (AvgIpc) is 0.888. The first-order valence-corrected chi connectivity index (χ1v) is 32.0. The van der Waals surface area contributed by atoms with Gasteiger partial charge in [0.1, 0.15) is 32.5 Å².